The average molecular weight is 172 g/mol. The molecule has 0 radical (unpaired) electrons. The number of aldehydes is 1. The molecule has 2 nitrogen and oxygen atoms in total. The van der Waals surface area contributed by atoms with Crippen molar-refractivity contribution in [1.29, 1.82) is 0 Å². The van der Waals surface area contributed by atoms with Gasteiger partial charge in [-0.2, -0.15) is 0 Å². The number of carbonyl (C=O) groups excluding carboxylic acids is 1. The normalized spacial score (nSPS) is 14.3. The Labute approximate surface area is 75.3 Å². The van der Waals surface area contributed by atoms with Crippen LogP contribution < -0.4 is 0 Å². The molecule has 0 saturated carbocycles. The second kappa shape index (κ2) is 5.31. The summed E-state index contributed by atoms with van der Waals surface area (Å²) in [6.45, 7) is 8.86. The second-order valence-corrected chi connectivity index (χ2v) is 4.41. The first-order chi connectivity index (χ1) is 5.45. The zero-order valence-electron chi connectivity index (χ0n) is 8.59. The van der Waals surface area contributed by atoms with Crippen molar-refractivity contribution in [2.75, 3.05) is 6.61 Å². The van der Waals surface area contributed by atoms with Crippen LogP contribution in [0.4, 0.5) is 0 Å². The summed E-state index contributed by atoms with van der Waals surface area (Å²) in [5.74, 6) is 0. The molecule has 0 aromatic heterocycles. The summed E-state index contributed by atoms with van der Waals surface area (Å²) in [6.07, 6.45) is 3.16. The van der Waals surface area contributed by atoms with Gasteiger partial charge in [-0.1, -0.05) is 20.8 Å². The number of rotatable bonds is 5. The molecule has 0 saturated heterocycles. The van der Waals surface area contributed by atoms with E-state index >= 15 is 0 Å². The van der Waals surface area contributed by atoms with Gasteiger partial charge in [-0.15, -0.1) is 0 Å². The summed E-state index contributed by atoms with van der Waals surface area (Å²) in [7, 11) is 0. The Morgan fingerprint density at radius 1 is 1.42 bits per heavy atom. The van der Waals surface area contributed by atoms with Crippen molar-refractivity contribution in [2.24, 2.45) is 5.41 Å². The maximum absolute atomic E-state index is 9.99. The highest BCUT2D eigenvalue weighted by molar-refractivity contribution is 5.50. The molecule has 0 bridgehead atoms. The third-order valence-electron chi connectivity index (χ3n) is 1.75. The minimum atomic E-state index is 0.203. The Hall–Kier alpha value is -0.370. The summed E-state index contributed by atoms with van der Waals surface area (Å²) < 4.78 is 5.22. The van der Waals surface area contributed by atoms with Gasteiger partial charge in [0.05, 0.1) is 6.10 Å². The highest BCUT2D eigenvalue weighted by atomic mass is 16.5. The van der Waals surface area contributed by atoms with Crippen molar-refractivity contribution < 1.29 is 9.53 Å². The molecule has 12 heavy (non-hydrogen) atoms. The lowest BCUT2D eigenvalue weighted by Crippen LogP contribution is -2.14. The predicted octanol–water partition coefficient (Wildman–Crippen LogP) is 2.42. The zero-order chi connectivity index (χ0) is 9.61. The van der Waals surface area contributed by atoms with E-state index in [1.165, 1.54) is 0 Å². The Morgan fingerprint density at radius 2 is 2.00 bits per heavy atom. The standard InChI is InChI=1S/C10H20O2/c1-9(12-8-7-11)5-6-10(2,3)4/h7,9H,5-6,8H2,1-4H3. The van der Waals surface area contributed by atoms with Crippen LogP contribution in [0.25, 0.3) is 0 Å². The zero-order valence-corrected chi connectivity index (χ0v) is 8.59. The van der Waals surface area contributed by atoms with Gasteiger partial charge in [0, 0.05) is 0 Å². The summed E-state index contributed by atoms with van der Waals surface area (Å²) >= 11 is 0. The van der Waals surface area contributed by atoms with Crippen LogP contribution >= 0.6 is 0 Å². The lowest BCUT2D eigenvalue weighted by molar-refractivity contribution is -0.113. The van der Waals surface area contributed by atoms with Gasteiger partial charge in [-0.05, 0) is 25.2 Å². The van der Waals surface area contributed by atoms with Gasteiger partial charge < -0.3 is 9.53 Å². The smallest absolute Gasteiger partial charge is 0.145 e. The summed E-state index contributed by atoms with van der Waals surface area (Å²) in [6, 6.07) is 0. The Balaban J connectivity index is 3.43. The first-order valence-electron chi connectivity index (χ1n) is 4.51. The van der Waals surface area contributed by atoms with E-state index in [-0.39, 0.29) is 12.7 Å². The third kappa shape index (κ3) is 7.73. The first-order valence-corrected chi connectivity index (χ1v) is 4.51. The van der Waals surface area contributed by atoms with E-state index in [0.717, 1.165) is 19.1 Å². The molecule has 0 aliphatic heterocycles. The fraction of sp³-hybridized carbons (Fsp3) is 0.900. The van der Waals surface area contributed by atoms with Crippen LogP contribution in [0.5, 0.6) is 0 Å². The number of hydrogen-bond donors (Lipinski definition) is 0. The largest absolute Gasteiger partial charge is 0.371 e. The monoisotopic (exact) mass is 172 g/mol. The molecule has 0 heterocycles. The van der Waals surface area contributed by atoms with Gasteiger partial charge >= 0.3 is 0 Å². The quantitative estimate of drug-likeness (QED) is 0.595. The van der Waals surface area contributed by atoms with Gasteiger partial charge in [-0.25, -0.2) is 0 Å². The molecule has 0 aliphatic carbocycles. The van der Waals surface area contributed by atoms with Crippen LogP contribution in [0.1, 0.15) is 40.5 Å². The van der Waals surface area contributed by atoms with E-state index in [9.17, 15) is 4.79 Å². The molecule has 0 fully saturated rings. The number of hydrogen-bond acceptors (Lipinski definition) is 2. The fourth-order valence-electron chi connectivity index (χ4n) is 0.923. The van der Waals surface area contributed by atoms with Crippen LogP contribution in [0, 0.1) is 5.41 Å². The fourth-order valence-corrected chi connectivity index (χ4v) is 0.923. The van der Waals surface area contributed by atoms with Crippen molar-refractivity contribution >= 4 is 6.29 Å². The second-order valence-electron chi connectivity index (χ2n) is 4.41. The van der Waals surface area contributed by atoms with E-state index in [0.29, 0.717) is 5.41 Å². The minimum absolute atomic E-state index is 0.203. The average Bonchev–Trinajstić information content (AvgIpc) is 1.95. The molecule has 2 heteroatoms. The molecule has 0 rings (SSSR count). The van der Waals surface area contributed by atoms with Crippen molar-refractivity contribution in [3.8, 4) is 0 Å². The van der Waals surface area contributed by atoms with Crippen LogP contribution in [0.2, 0.25) is 0 Å². The first kappa shape index (κ1) is 11.6. The van der Waals surface area contributed by atoms with Crippen LogP contribution in [0.3, 0.4) is 0 Å². The Kier molecular flexibility index (Phi) is 5.14. The van der Waals surface area contributed by atoms with Crippen molar-refractivity contribution in [3.05, 3.63) is 0 Å². The van der Waals surface area contributed by atoms with Gasteiger partial charge in [0.15, 0.2) is 0 Å². The van der Waals surface area contributed by atoms with E-state index in [1.807, 2.05) is 6.92 Å². The maximum Gasteiger partial charge on any atom is 0.145 e. The summed E-state index contributed by atoms with van der Waals surface area (Å²) in [5, 5.41) is 0. The van der Waals surface area contributed by atoms with Gasteiger partial charge in [0.2, 0.25) is 0 Å². The lowest BCUT2D eigenvalue weighted by Gasteiger charge is -2.20. The van der Waals surface area contributed by atoms with Crippen LogP contribution in [-0.2, 0) is 9.53 Å². The van der Waals surface area contributed by atoms with E-state index in [2.05, 4.69) is 20.8 Å². The van der Waals surface area contributed by atoms with Crippen molar-refractivity contribution in [3.63, 3.8) is 0 Å². The van der Waals surface area contributed by atoms with Gasteiger partial charge in [0.1, 0.15) is 12.9 Å². The molecule has 1 unspecified atom stereocenters. The molecular weight excluding hydrogens is 152 g/mol. The molecule has 0 aromatic rings. The highest BCUT2D eigenvalue weighted by Gasteiger charge is 2.12. The van der Waals surface area contributed by atoms with E-state index in [1.54, 1.807) is 0 Å². The molecule has 0 spiro atoms. The Bertz CT molecular complexity index is 124. The van der Waals surface area contributed by atoms with Crippen molar-refractivity contribution in [1.82, 2.24) is 0 Å². The predicted molar refractivity (Wildman–Crippen MR) is 50.2 cm³/mol. The van der Waals surface area contributed by atoms with Gasteiger partial charge in [-0.3, -0.25) is 0 Å². The number of ether oxygens (including phenoxy) is 1. The van der Waals surface area contributed by atoms with Gasteiger partial charge in [0.25, 0.3) is 0 Å². The van der Waals surface area contributed by atoms with E-state index < -0.39 is 0 Å². The van der Waals surface area contributed by atoms with E-state index in [4.69, 9.17) is 4.74 Å². The molecule has 0 N–H and O–H groups in total. The molecule has 0 amide bonds. The SMILES string of the molecule is CC(CCC(C)(C)C)OCC=O. The lowest BCUT2D eigenvalue weighted by atomic mass is 9.89. The molecule has 0 aromatic carbocycles. The number of carbonyl (C=O) groups is 1. The van der Waals surface area contributed by atoms with Crippen molar-refractivity contribution in [2.45, 2.75) is 46.6 Å². The summed E-state index contributed by atoms with van der Waals surface area (Å²) in [5.41, 5.74) is 0.360. The summed E-state index contributed by atoms with van der Waals surface area (Å²) in [4.78, 5) is 9.99. The highest BCUT2D eigenvalue weighted by Crippen LogP contribution is 2.22. The third-order valence-corrected chi connectivity index (χ3v) is 1.75. The molecule has 72 valence electrons. The Morgan fingerprint density at radius 3 is 2.42 bits per heavy atom. The topological polar surface area (TPSA) is 26.3 Å². The maximum atomic E-state index is 9.99. The molecule has 0 aliphatic rings. The minimum Gasteiger partial charge on any atom is -0.371 e. The van der Waals surface area contributed by atoms with Crippen LogP contribution in [-0.4, -0.2) is 19.0 Å². The molecular formula is C10H20O2. The van der Waals surface area contributed by atoms with Crippen LogP contribution in [0.15, 0.2) is 0 Å². The molecule has 1 atom stereocenters.